The molecule has 1 unspecified atom stereocenters. The van der Waals surface area contributed by atoms with E-state index in [-0.39, 0.29) is 11.6 Å². The maximum atomic E-state index is 13.6. The molecule has 1 atom stereocenters. The zero-order valence-corrected chi connectivity index (χ0v) is 20.3. The normalized spacial score (nSPS) is 18.9. The minimum atomic E-state index is -1.41. The van der Waals surface area contributed by atoms with Gasteiger partial charge in [-0.2, -0.15) is 0 Å². The van der Waals surface area contributed by atoms with E-state index in [1.54, 1.807) is 0 Å². The smallest absolute Gasteiger partial charge is 0.271 e. The molecule has 9 heteroatoms. The lowest BCUT2D eigenvalue weighted by atomic mass is 10.0. The van der Waals surface area contributed by atoms with Gasteiger partial charge in [-0.25, -0.2) is 8.93 Å². The number of hydrogen-bond acceptors (Lipinski definition) is 6. The van der Waals surface area contributed by atoms with Gasteiger partial charge in [0.2, 0.25) is 0 Å². The fourth-order valence-corrected chi connectivity index (χ4v) is 6.27. The Balaban J connectivity index is 1.64. The molecular weight excluding hydrogens is 438 g/mol. The molecule has 2 aromatic heterocycles. The summed E-state index contributed by atoms with van der Waals surface area (Å²) in [5, 5.41) is 4.89. The van der Waals surface area contributed by atoms with Crippen LogP contribution in [0.2, 0.25) is 0 Å². The van der Waals surface area contributed by atoms with Crippen LogP contribution in [0.3, 0.4) is 0 Å². The number of nitrogens with one attached hydrogen (secondary N) is 2. The fraction of sp³-hybridized carbons (Fsp3) is 0.500. The molecular formula is C24H31N5O3S. The zero-order valence-electron chi connectivity index (χ0n) is 19.4. The summed E-state index contributed by atoms with van der Waals surface area (Å²) < 4.78 is 22.3. The molecule has 1 aliphatic heterocycles. The standard InChI is InChI=1S/C24H31N5O3S/c1-15-23(16(2)32-26-15)17-12-20-19(22(13-17)33(31)27-18-6-4-5-7-18)14-21(24(30)25-20)29-10-8-28(3)9-11-29/h12-14,18,27H,4-11H2,1-3H3,(H,25,30). The number of aromatic amines is 1. The Morgan fingerprint density at radius 1 is 1.12 bits per heavy atom. The Kier molecular flexibility index (Phi) is 6.11. The number of H-pyrrole nitrogens is 1. The monoisotopic (exact) mass is 469 g/mol. The highest BCUT2D eigenvalue weighted by atomic mass is 32.2. The third-order valence-electron chi connectivity index (χ3n) is 6.90. The van der Waals surface area contributed by atoms with Gasteiger partial charge in [0.15, 0.2) is 0 Å². The van der Waals surface area contributed by atoms with E-state index in [0.29, 0.717) is 21.9 Å². The van der Waals surface area contributed by atoms with Gasteiger partial charge in [0.1, 0.15) is 22.4 Å². The average Bonchev–Trinajstić information content (AvgIpc) is 3.42. The highest BCUT2D eigenvalue weighted by Gasteiger charge is 2.23. The molecule has 0 bridgehead atoms. The molecule has 1 aliphatic carbocycles. The van der Waals surface area contributed by atoms with Crippen molar-refractivity contribution in [2.24, 2.45) is 0 Å². The highest BCUT2D eigenvalue weighted by molar-refractivity contribution is 7.83. The molecule has 2 fully saturated rings. The number of benzene rings is 1. The summed E-state index contributed by atoms with van der Waals surface area (Å²) in [6.07, 6.45) is 4.40. The van der Waals surface area contributed by atoms with Crippen molar-refractivity contribution < 1.29 is 8.73 Å². The van der Waals surface area contributed by atoms with E-state index in [2.05, 4.69) is 31.7 Å². The fourth-order valence-electron chi connectivity index (χ4n) is 5.00. The van der Waals surface area contributed by atoms with Crippen LogP contribution in [0.5, 0.6) is 0 Å². The third kappa shape index (κ3) is 4.37. The van der Waals surface area contributed by atoms with Gasteiger partial charge in [-0.05, 0) is 57.5 Å². The molecule has 2 N–H and O–H groups in total. The first-order valence-electron chi connectivity index (χ1n) is 11.7. The SMILES string of the molecule is Cc1noc(C)c1-c1cc(S(=O)NC2CCCC2)c2cc(N3CCN(C)CC3)c(=O)[nH]c2c1. The minimum absolute atomic E-state index is 0.122. The van der Waals surface area contributed by atoms with Crippen LogP contribution in [0.15, 0.2) is 32.4 Å². The van der Waals surface area contributed by atoms with Gasteiger partial charge in [0.25, 0.3) is 5.56 Å². The lowest BCUT2D eigenvalue weighted by Gasteiger charge is -2.33. The number of aromatic nitrogens is 2. The van der Waals surface area contributed by atoms with Crippen molar-refractivity contribution in [2.45, 2.75) is 50.5 Å². The number of nitrogens with zero attached hydrogens (tertiary/aromatic N) is 3. The zero-order chi connectivity index (χ0) is 23.1. The average molecular weight is 470 g/mol. The molecule has 5 rings (SSSR count). The molecule has 1 aromatic carbocycles. The van der Waals surface area contributed by atoms with E-state index in [1.165, 1.54) is 0 Å². The molecule has 0 radical (unpaired) electrons. The molecule has 1 saturated heterocycles. The number of likely N-dealkylation sites (N-methyl/N-ethyl adjacent to an activating group) is 1. The van der Waals surface area contributed by atoms with Crippen LogP contribution < -0.4 is 15.2 Å². The summed E-state index contributed by atoms with van der Waals surface area (Å²) in [7, 11) is 0.683. The van der Waals surface area contributed by atoms with Crippen LogP contribution in [-0.2, 0) is 11.0 Å². The molecule has 2 aliphatic rings. The lowest BCUT2D eigenvalue weighted by Crippen LogP contribution is -2.46. The van der Waals surface area contributed by atoms with Gasteiger partial charge in [0.05, 0.1) is 16.1 Å². The van der Waals surface area contributed by atoms with Gasteiger partial charge in [-0.15, -0.1) is 0 Å². The molecule has 0 amide bonds. The largest absolute Gasteiger partial charge is 0.365 e. The maximum absolute atomic E-state index is 13.6. The molecule has 0 spiro atoms. The first-order chi connectivity index (χ1) is 15.9. The number of fused-ring (bicyclic) bond motifs is 1. The van der Waals surface area contributed by atoms with Crippen LogP contribution in [0, 0.1) is 13.8 Å². The summed E-state index contributed by atoms with van der Waals surface area (Å²) in [4.78, 5) is 21.2. The first kappa shape index (κ1) is 22.3. The van der Waals surface area contributed by atoms with E-state index < -0.39 is 11.0 Å². The van der Waals surface area contributed by atoms with Crippen LogP contribution in [0.1, 0.15) is 37.1 Å². The van der Waals surface area contributed by atoms with Gasteiger partial charge in [-0.1, -0.05) is 18.0 Å². The van der Waals surface area contributed by atoms with Crippen molar-refractivity contribution in [2.75, 3.05) is 38.1 Å². The van der Waals surface area contributed by atoms with Crippen molar-refractivity contribution >= 4 is 27.6 Å². The Hall–Kier alpha value is -2.49. The second-order valence-corrected chi connectivity index (χ2v) is 10.5. The van der Waals surface area contributed by atoms with Crippen molar-refractivity contribution in [1.29, 1.82) is 0 Å². The quantitative estimate of drug-likeness (QED) is 0.596. The molecule has 33 heavy (non-hydrogen) atoms. The second-order valence-electron chi connectivity index (χ2n) is 9.28. The Morgan fingerprint density at radius 2 is 1.85 bits per heavy atom. The van der Waals surface area contributed by atoms with Crippen molar-refractivity contribution in [1.82, 2.24) is 19.8 Å². The molecule has 176 valence electrons. The van der Waals surface area contributed by atoms with Crippen LogP contribution in [0.25, 0.3) is 22.0 Å². The second kappa shape index (κ2) is 9.04. The number of hydrogen-bond donors (Lipinski definition) is 2. The Labute approximate surface area is 195 Å². The molecule has 3 aromatic rings. The van der Waals surface area contributed by atoms with E-state index in [9.17, 15) is 9.00 Å². The summed E-state index contributed by atoms with van der Waals surface area (Å²) in [5.74, 6) is 0.698. The van der Waals surface area contributed by atoms with Crippen LogP contribution in [0.4, 0.5) is 5.69 Å². The van der Waals surface area contributed by atoms with Crippen LogP contribution in [-0.4, -0.2) is 58.5 Å². The van der Waals surface area contributed by atoms with Crippen molar-refractivity contribution in [3.63, 3.8) is 0 Å². The summed E-state index contributed by atoms with van der Waals surface area (Å²) in [6, 6.07) is 6.07. The van der Waals surface area contributed by atoms with Crippen LogP contribution >= 0.6 is 0 Å². The highest BCUT2D eigenvalue weighted by Crippen LogP contribution is 2.33. The number of aryl methyl sites for hydroxylation is 2. The first-order valence-corrected chi connectivity index (χ1v) is 12.8. The Bertz CT molecular complexity index is 1230. The van der Waals surface area contributed by atoms with E-state index in [4.69, 9.17) is 4.52 Å². The van der Waals surface area contributed by atoms with Gasteiger partial charge in [0, 0.05) is 43.2 Å². The van der Waals surface area contributed by atoms with Gasteiger partial charge >= 0.3 is 0 Å². The lowest BCUT2D eigenvalue weighted by molar-refractivity contribution is 0.312. The summed E-state index contributed by atoms with van der Waals surface area (Å²) in [5.41, 5.74) is 3.68. The van der Waals surface area contributed by atoms with Crippen molar-refractivity contribution in [3.8, 4) is 11.1 Å². The predicted molar refractivity (Wildman–Crippen MR) is 131 cm³/mol. The van der Waals surface area contributed by atoms with E-state index in [1.807, 2.05) is 32.0 Å². The van der Waals surface area contributed by atoms with Gasteiger partial charge in [-0.3, -0.25) is 4.79 Å². The third-order valence-corrected chi connectivity index (χ3v) is 8.18. The van der Waals surface area contributed by atoms with E-state index >= 15 is 0 Å². The molecule has 1 saturated carbocycles. The predicted octanol–water partition coefficient (Wildman–Crippen LogP) is 3.11. The number of anilines is 1. The van der Waals surface area contributed by atoms with Gasteiger partial charge < -0.3 is 19.3 Å². The number of pyridine rings is 1. The Morgan fingerprint density at radius 3 is 2.52 bits per heavy atom. The molecule has 3 heterocycles. The van der Waals surface area contributed by atoms with E-state index in [0.717, 1.165) is 74.1 Å². The minimum Gasteiger partial charge on any atom is -0.365 e. The number of piperazine rings is 1. The number of rotatable bonds is 5. The maximum Gasteiger partial charge on any atom is 0.271 e. The molecule has 8 nitrogen and oxygen atoms in total. The topological polar surface area (TPSA) is 94.5 Å². The summed E-state index contributed by atoms with van der Waals surface area (Å²) >= 11 is 0. The summed E-state index contributed by atoms with van der Waals surface area (Å²) in [6.45, 7) is 7.16. The van der Waals surface area contributed by atoms with Crippen molar-refractivity contribution in [3.05, 3.63) is 40.0 Å².